The first-order valence-electron chi connectivity index (χ1n) is 13.5. The zero-order valence-electron chi connectivity index (χ0n) is 23.4. The second kappa shape index (κ2) is 11.1. The maximum Gasteiger partial charge on any atom is 0.260 e. The Labute approximate surface area is 233 Å². The summed E-state index contributed by atoms with van der Waals surface area (Å²) in [7, 11) is 3.87. The number of ketones is 1. The van der Waals surface area contributed by atoms with Gasteiger partial charge >= 0.3 is 0 Å². The van der Waals surface area contributed by atoms with Crippen molar-refractivity contribution in [2.24, 2.45) is 0 Å². The van der Waals surface area contributed by atoms with Crippen LogP contribution in [-0.2, 0) is 17.9 Å². The van der Waals surface area contributed by atoms with Gasteiger partial charge in [-0.25, -0.2) is 9.97 Å². The fourth-order valence-electron chi connectivity index (χ4n) is 5.03. The van der Waals surface area contributed by atoms with Gasteiger partial charge < -0.3 is 10.2 Å². The molecule has 1 saturated carbocycles. The molecule has 1 aliphatic heterocycles. The van der Waals surface area contributed by atoms with Crippen molar-refractivity contribution in [2.75, 3.05) is 23.9 Å². The third-order valence-corrected chi connectivity index (χ3v) is 8.66. The molecule has 39 heavy (non-hydrogen) atoms. The Hall–Kier alpha value is -3.31. The molecule has 0 saturated heterocycles. The third kappa shape index (κ3) is 5.17. The van der Waals surface area contributed by atoms with Gasteiger partial charge in [-0.2, -0.15) is 0 Å². The molecule has 206 valence electrons. The number of nitrogens with zero attached hydrogens (tertiary/aromatic N) is 7. The van der Waals surface area contributed by atoms with E-state index < -0.39 is 0 Å². The number of aromatic nitrogens is 5. The fourth-order valence-corrected chi connectivity index (χ4v) is 6.31. The van der Waals surface area contributed by atoms with Crippen LogP contribution in [0.1, 0.15) is 74.6 Å². The zero-order valence-corrected chi connectivity index (χ0v) is 24.2. The lowest BCUT2D eigenvalue weighted by atomic mass is 10.1. The summed E-state index contributed by atoms with van der Waals surface area (Å²) in [6, 6.07) is 7.84. The van der Waals surface area contributed by atoms with E-state index in [1.165, 1.54) is 11.8 Å². The van der Waals surface area contributed by atoms with Crippen LogP contribution in [0.3, 0.4) is 0 Å². The number of fused-ring (bicyclic) bond motifs is 1. The van der Waals surface area contributed by atoms with Crippen LogP contribution in [0.2, 0.25) is 0 Å². The van der Waals surface area contributed by atoms with Crippen LogP contribution >= 0.6 is 11.8 Å². The number of thioether (sulfide) groups is 1. The lowest BCUT2D eigenvalue weighted by molar-refractivity contribution is -0.116. The molecule has 3 aromatic heterocycles. The molecular formula is C28H36N8O2S. The molecule has 5 rings (SSSR count). The minimum atomic E-state index is -0.0888. The average Bonchev–Trinajstić information content (AvgIpc) is 3.61. The Kier molecular flexibility index (Phi) is 7.73. The molecule has 2 aliphatic rings. The van der Waals surface area contributed by atoms with Crippen LogP contribution < -0.4 is 15.1 Å². The number of Topliss-reactive ketones (excluding diaryl/α,β-unsaturated/α-hetero) is 1. The van der Waals surface area contributed by atoms with Gasteiger partial charge in [-0.1, -0.05) is 17.8 Å². The lowest BCUT2D eigenvalue weighted by Gasteiger charge is -2.24. The first kappa shape index (κ1) is 27.3. The zero-order chi connectivity index (χ0) is 27.8. The summed E-state index contributed by atoms with van der Waals surface area (Å²) < 4.78 is 2.03. The summed E-state index contributed by atoms with van der Waals surface area (Å²) >= 11 is 1.49. The molecule has 1 unspecified atom stereocenters. The van der Waals surface area contributed by atoms with Gasteiger partial charge in [0.05, 0.1) is 23.1 Å². The highest BCUT2D eigenvalue weighted by Gasteiger charge is 2.34. The van der Waals surface area contributed by atoms with Crippen molar-refractivity contribution >= 4 is 35.1 Å². The Balaban J connectivity index is 1.48. The van der Waals surface area contributed by atoms with E-state index in [4.69, 9.17) is 9.97 Å². The predicted octanol–water partition coefficient (Wildman–Crippen LogP) is 4.25. The van der Waals surface area contributed by atoms with Gasteiger partial charge in [0.2, 0.25) is 0 Å². The van der Waals surface area contributed by atoms with Crippen molar-refractivity contribution in [3.63, 3.8) is 0 Å². The number of anilines is 2. The first-order chi connectivity index (χ1) is 18.7. The molecule has 0 radical (unpaired) electrons. The van der Waals surface area contributed by atoms with E-state index in [0.29, 0.717) is 42.4 Å². The standard InChI is InChI=1S/C28H36N8O2S/c1-16(2)34(6)25-13-18-19(21(31-25)14-29-5)15-35(27(18)38)24-12-7-9-20(30-24)26-32-33-28(36(26)17(3)4)39-23-11-8-10-22(23)37/h7,9,12-13,16-17,23,29H,8,10-11,14-15H2,1-6H3. The lowest BCUT2D eigenvalue weighted by Crippen LogP contribution is -2.27. The number of amides is 1. The number of hydrogen-bond acceptors (Lipinski definition) is 9. The van der Waals surface area contributed by atoms with Gasteiger partial charge in [0.25, 0.3) is 5.91 Å². The SMILES string of the molecule is CNCc1nc(N(C)C(C)C)cc2c1CN(c1cccc(-c3nnc(SC4CCCC4=O)n3C(C)C)n1)C2=O. The molecule has 0 aromatic carbocycles. The highest BCUT2D eigenvalue weighted by atomic mass is 32.2. The van der Waals surface area contributed by atoms with Crippen molar-refractivity contribution in [1.29, 1.82) is 0 Å². The van der Waals surface area contributed by atoms with E-state index in [1.807, 2.05) is 42.9 Å². The maximum atomic E-state index is 13.7. The fraction of sp³-hybridized carbons (Fsp3) is 0.500. The molecule has 10 nitrogen and oxygen atoms in total. The minimum absolute atomic E-state index is 0.0698. The molecule has 3 aromatic rings. The number of nitrogens with one attached hydrogen (secondary N) is 1. The van der Waals surface area contributed by atoms with Crippen molar-refractivity contribution < 1.29 is 9.59 Å². The molecule has 1 atom stereocenters. The molecule has 0 bridgehead atoms. The molecule has 1 fully saturated rings. The van der Waals surface area contributed by atoms with Crippen LogP contribution in [0.4, 0.5) is 11.6 Å². The van der Waals surface area contributed by atoms with E-state index in [0.717, 1.165) is 35.1 Å². The Morgan fingerprint density at radius 1 is 1.15 bits per heavy atom. The quantitative estimate of drug-likeness (QED) is 0.420. The second-order valence-electron chi connectivity index (χ2n) is 10.7. The number of carbonyl (C=O) groups is 2. The number of pyridine rings is 2. The summed E-state index contributed by atoms with van der Waals surface area (Å²) in [4.78, 5) is 39.5. The monoisotopic (exact) mass is 548 g/mol. The molecule has 0 spiro atoms. The van der Waals surface area contributed by atoms with E-state index in [2.05, 4.69) is 48.1 Å². The molecular weight excluding hydrogens is 512 g/mol. The largest absolute Gasteiger partial charge is 0.357 e. The van der Waals surface area contributed by atoms with Gasteiger partial charge in [0, 0.05) is 37.7 Å². The molecule has 1 N–H and O–H groups in total. The summed E-state index contributed by atoms with van der Waals surface area (Å²) in [6.07, 6.45) is 2.43. The Morgan fingerprint density at radius 3 is 2.62 bits per heavy atom. The van der Waals surface area contributed by atoms with Crippen LogP contribution in [0, 0.1) is 0 Å². The van der Waals surface area contributed by atoms with Gasteiger partial charge in [-0.3, -0.25) is 19.1 Å². The second-order valence-corrected chi connectivity index (χ2v) is 11.9. The van der Waals surface area contributed by atoms with Gasteiger partial charge in [-0.05, 0) is 65.8 Å². The third-order valence-electron chi connectivity index (χ3n) is 7.39. The van der Waals surface area contributed by atoms with Crippen molar-refractivity contribution in [3.05, 3.63) is 41.1 Å². The van der Waals surface area contributed by atoms with Crippen LogP contribution in [0.15, 0.2) is 29.4 Å². The van der Waals surface area contributed by atoms with Crippen LogP contribution in [0.25, 0.3) is 11.5 Å². The van der Waals surface area contributed by atoms with E-state index in [1.54, 1.807) is 4.90 Å². The number of rotatable bonds is 9. The van der Waals surface area contributed by atoms with Crippen LogP contribution in [-0.4, -0.2) is 61.8 Å². The minimum Gasteiger partial charge on any atom is -0.357 e. The predicted molar refractivity (Wildman–Crippen MR) is 153 cm³/mol. The van der Waals surface area contributed by atoms with E-state index >= 15 is 0 Å². The topological polar surface area (TPSA) is 109 Å². The summed E-state index contributed by atoms with van der Waals surface area (Å²) in [5.41, 5.74) is 3.09. The smallest absolute Gasteiger partial charge is 0.260 e. The molecule has 1 aliphatic carbocycles. The van der Waals surface area contributed by atoms with E-state index in [9.17, 15) is 9.59 Å². The summed E-state index contributed by atoms with van der Waals surface area (Å²) in [6.45, 7) is 9.31. The Morgan fingerprint density at radius 2 is 1.95 bits per heavy atom. The molecule has 11 heteroatoms. The van der Waals surface area contributed by atoms with Gasteiger partial charge in [0.15, 0.2) is 11.0 Å². The summed E-state index contributed by atoms with van der Waals surface area (Å²) in [5, 5.41) is 12.8. The van der Waals surface area contributed by atoms with Crippen molar-refractivity contribution in [1.82, 2.24) is 30.0 Å². The first-order valence-corrected chi connectivity index (χ1v) is 14.4. The summed E-state index contributed by atoms with van der Waals surface area (Å²) in [5.74, 6) is 2.15. The van der Waals surface area contributed by atoms with Crippen molar-refractivity contribution in [3.8, 4) is 11.5 Å². The average molecular weight is 549 g/mol. The van der Waals surface area contributed by atoms with Crippen LogP contribution in [0.5, 0.6) is 0 Å². The number of hydrogen-bond donors (Lipinski definition) is 1. The normalized spacial score (nSPS) is 17.1. The van der Waals surface area contributed by atoms with Gasteiger partial charge in [-0.15, -0.1) is 10.2 Å². The maximum absolute atomic E-state index is 13.7. The van der Waals surface area contributed by atoms with Crippen molar-refractivity contribution in [2.45, 2.75) is 82.5 Å². The highest BCUT2D eigenvalue weighted by molar-refractivity contribution is 8.00. The Bertz CT molecular complexity index is 1400. The number of carbonyl (C=O) groups excluding carboxylic acids is 2. The van der Waals surface area contributed by atoms with Gasteiger partial charge in [0.1, 0.15) is 23.1 Å². The highest BCUT2D eigenvalue weighted by Crippen LogP contribution is 2.36. The molecule has 4 heterocycles. The molecule has 1 amide bonds. The van der Waals surface area contributed by atoms with E-state index in [-0.39, 0.29) is 29.0 Å².